The van der Waals surface area contributed by atoms with Crippen molar-refractivity contribution < 1.29 is 19.3 Å². The molecule has 0 fully saturated rings. The highest BCUT2D eigenvalue weighted by molar-refractivity contribution is 9.10. The summed E-state index contributed by atoms with van der Waals surface area (Å²) in [5.74, 6) is 0.793. The van der Waals surface area contributed by atoms with Crippen LogP contribution in [-0.2, 0) is 15.9 Å². The van der Waals surface area contributed by atoms with E-state index in [4.69, 9.17) is 14.2 Å². The van der Waals surface area contributed by atoms with Crippen LogP contribution in [0.3, 0.4) is 0 Å². The van der Waals surface area contributed by atoms with Crippen LogP contribution in [0.1, 0.15) is 12.0 Å². The lowest BCUT2D eigenvalue weighted by Gasteiger charge is -2.12. The molecular formula is C14H21BrO4. The van der Waals surface area contributed by atoms with Crippen LogP contribution >= 0.6 is 15.9 Å². The van der Waals surface area contributed by atoms with Gasteiger partial charge in [0.1, 0.15) is 5.75 Å². The first-order valence-corrected chi connectivity index (χ1v) is 7.03. The number of hydrogen-bond acceptors (Lipinski definition) is 4. The number of ether oxygens (including phenoxy) is 3. The summed E-state index contributed by atoms with van der Waals surface area (Å²) in [6.07, 6.45) is 0.826. The number of rotatable bonds is 9. The highest BCUT2D eigenvalue weighted by Gasteiger charge is 2.08. The van der Waals surface area contributed by atoms with Crippen LogP contribution in [0.2, 0.25) is 0 Å². The maximum atomic E-state index is 9.92. The van der Waals surface area contributed by atoms with E-state index in [-0.39, 0.29) is 0 Å². The molecule has 1 aromatic carbocycles. The molecule has 0 amide bonds. The number of benzene rings is 1. The second-order valence-corrected chi connectivity index (χ2v) is 5.08. The van der Waals surface area contributed by atoms with Crippen LogP contribution in [0, 0.1) is 0 Å². The summed E-state index contributed by atoms with van der Waals surface area (Å²) in [7, 11) is 3.27. The van der Waals surface area contributed by atoms with E-state index >= 15 is 0 Å². The fourth-order valence-corrected chi connectivity index (χ4v) is 2.26. The average Bonchev–Trinajstić information content (AvgIpc) is 2.39. The van der Waals surface area contributed by atoms with Gasteiger partial charge >= 0.3 is 0 Å². The van der Waals surface area contributed by atoms with E-state index in [2.05, 4.69) is 15.9 Å². The van der Waals surface area contributed by atoms with Crippen LogP contribution in [0.5, 0.6) is 5.75 Å². The van der Waals surface area contributed by atoms with E-state index in [1.807, 2.05) is 18.2 Å². The molecule has 1 atom stereocenters. The van der Waals surface area contributed by atoms with Crippen molar-refractivity contribution in [2.75, 3.05) is 34.0 Å². The van der Waals surface area contributed by atoms with Crippen LogP contribution in [0.15, 0.2) is 22.7 Å². The second kappa shape index (κ2) is 9.31. The van der Waals surface area contributed by atoms with Gasteiger partial charge in [-0.3, -0.25) is 0 Å². The number of halogens is 1. The number of aliphatic hydroxyl groups is 1. The fraction of sp³-hybridized carbons (Fsp3) is 0.571. The molecule has 1 N–H and O–H groups in total. The van der Waals surface area contributed by atoms with Crippen LogP contribution in [0.25, 0.3) is 0 Å². The van der Waals surface area contributed by atoms with Crippen molar-refractivity contribution in [1.29, 1.82) is 0 Å². The third-order valence-corrected chi connectivity index (χ3v) is 3.33. The summed E-state index contributed by atoms with van der Waals surface area (Å²) in [4.78, 5) is 0. The molecule has 1 aromatic rings. The first kappa shape index (κ1) is 16.4. The van der Waals surface area contributed by atoms with E-state index in [1.165, 1.54) is 0 Å². The Labute approximate surface area is 122 Å². The third-order valence-electron chi connectivity index (χ3n) is 2.71. The maximum Gasteiger partial charge on any atom is 0.133 e. The monoisotopic (exact) mass is 332 g/mol. The van der Waals surface area contributed by atoms with Crippen molar-refractivity contribution in [1.82, 2.24) is 0 Å². The molecule has 1 rings (SSSR count). The van der Waals surface area contributed by atoms with Crippen molar-refractivity contribution in [2.45, 2.75) is 18.9 Å². The average molecular weight is 333 g/mol. The Hall–Kier alpha value is -0.620. The van der Waals surface area contributed by atoms with Gasteiger partial charge in [-0.15, -0.1) is 0 Å². The molecule has 0 radical (unpaired) electrons. The molecular weight excluding hydrogens is 312 g/mol. The summed E-state index contributed by atoms with van der Waals surface area (Å²) >= 11 is 3.43. The van der Waals surface area contributed by atoms with Crippen molar-refractivity contribution >= 4 is 15.9 Å². The molecule has 0 saturated carbocycles. The SMILES string of the molecule is COCCOCCC(O)Cc1ccc(OC)c(Br)c1. The molecule has 0 aromatic heterocycles. The molecule has 1 unspecified atom stereocenters. The smallest absolute Gasteiger partial charge is 0.133 e. The van der Waals surface area contributed by atoms with Gasteiger partial charge in [0, 0.05) is 13.7 Å². The highest BCUT2D eigenvalue weighted by atomic mass is 79.9. The first-order chi connectivity index (χ1) is 9.17. The Morgan fingerprint density at radius 2 is 2.00 bits per heavy atom. The van der Waals surface area contributed by atoms with Crippen LogP contribution in [0.4, 0.5) is 0 Å². The predicted octanol–water partition coefficient (Wildman–Crippen LogP) is 2.41. The van der Waals surface area contributed by atoms with E-state index in [0.717, 1.165) is 15.8 Å². The van der Waals surface area contributed by atoms with E-state index in [0.29, 0.717) is 32.7 Å². The number of aliphatic hydroxyl groups excluding tert-OH is 1. The van der Waals surface area contributed by atoms with Gasteiger partial charge in [-0.05, 0) is 46.5 Å². The van der Waals surface area contributed by atoms with E-state index in [9.17, 15) is 5.11 Å². The maximum absolute atomic E-state index is 9.92. The molecule has 108 valence electrons. The molecule has 0 spiro atoms. The van der Waals surface area contributed by atoms with Gasteiger partial charge in [-0.1, -0.05) is 6.07 Å². The predicted molar refractivity (Wildman–Crippen MR) is 77.7 cm³/mol. The van der Waals surface area contributed by atoms with Crippen molar-refractivity contribution in [3.63, 3.8) is 0 Å². The minimum atomic E-state index is -0.400. The number of hydrogen-bond donors (Lipinski definition) is 1. The molecule has 5 heteroatoms. The van der Waals surface area contributed by atoms with E-state index < -0.39 is 6.10 Å². The summed E-state index contributed by atoms with van der Waals surface area (Å²) in [6.45, 7) is 1.70. The zero-order valence-electron chi connectivity index (χ0n) is 11.4. The first-order valence-electron chi connectivity index (χ1n) is 6.24. The Morgan fingerprint density at radius 1 is 1.21 bits per heavy atom. The molecule has 0 bridgehead atoms. The molecule has 0 aliphatic rings. The minimum Gasteiger partial charge on any atom is -0.496 e. The van der Waals surface area contributed by atoms with Gasteiger partial charge in [-0.25, -0.2) is 0 Å². The quantitative estimate of drug-likeness (QED) is 0.705. The molecule has 0 aliphatic heterocycles. The normalized spacial score (nSPS) is 12.4. The fourth-order valence-electron chi connectivity index (χ4n) is 1.67. The minimum absolute atomic E-state index is 0.400. The standard InChI is InChI=1S/C14H21BrO4/c1-17-7-8-19-6-5-12(16)9-11-3-4-14(18-2)13(15)10-11/h3-4,10,12,16H,5-9H2,1-2H3. The summed E-state index contributed by atoms with van der Waals surface area (Å²) in [5.41, 5.74) is 1.07. The largest absolute Gasteiger partial charge is 0.496 e. The summed E-state index contributed by atoms with van der Waals surface area (Å²) in [6, 6.07) is 5.81. The van der Waals surface area contributed by atoms with Gasteiger partial charge in [0.2, 0.25) is 0 Å². The van der Waals surface area contributed by atoms with Gasteiger partial charge in [0.15, 0.2) is 0 Å². The Bertz CT molecular complexity index is 370. The van der Waals surface area contributed by atoms with Crippen molar-refractivity contribution in [2.24, 2.45) is 0 Å². The molecule has 4 nitrogen and oxygen atoms in total. The van der Waals surface area contributed by atoms with Crippen molar-refractivity contribution in [3.8, 4) is 5.75 Å². The second-order valence-electron chi connectivity index (χ2n) is 4.22. The Morgan fingerprint density at radius 3 is 2.63 bits per heavy atom. The zero-order valence-corrected chi connectivity index (χ0v) is 13.0. The molecule has 0 aliphatic carbocycles. The lowest BCUT2D eigenvalue weighted by atomic mass is 10.1. The lowest BCUT2D eigenvalue weighted by Crippen LogP contribution is -2.14. The molecule has 0 saturated heterocycles. The summed E-state index contributed by atoms with van der Waals surface area (Å²) in [5, 5.41) is 9.92. The summed E-state index contributed by atoms with van der Waals surface area (Å²) < 4.78 is 16.3. The molecule has 0 heterocycles. The van der Waals surface area contributed by atoms with Gasteiger partial charge in [0.05, 0.1) is 30.9 Å². The van der Waals surface area contributed by atoms with Gasteiger partial charge in [-0.2, -0.15) is 0 Å². The third kappa shape index (κ3) is 6.38. The van der Waals surface area contributed by atoms with E-state index in [1.54, 1.807) is 14.2 Å². The Kier molecular flexibility index (Phi) is 8.05. The Balaban J connectivity index is 2.31. The zero-order chi connectivity index (χ0) is 14.1. The topological polar surface area (TPSA) is 47.9 Å². The number of methoxy groups -OCH3 is 2. The van der Waals surface area contributed by atoms with Gasteiger partial charge in [0.25, 0.3) is 0 Å². The molecule has 19 heavy (non-hydrogen) atoms. The van der Waals surface area contributed by atoms with Crippen LogP contribution < -0.4 is 4.74 Å². The highest BCUT2D eigenvalue weighted by Crippen LogP contribution is 2.26. The lowest BCUT2D eigenvalue weighted by molar-refractivity contribution is 0.0479. The van der Waals surface area contributed by atoms with Gasteiger partial charge < -0.3 is 19.3 Å². The van der Waals surface area contributed by atoms with Crippen molar-refractivity contribution in [3.05, 3.63) is 28.2 Å². The van der Waals surface area contributed by atoms with Crippen LogP contribution in [-0.4, -0.2) is 45.3 Å².